The molecule has 0 aromatic heterocycles. The number of piperidine rings is 1. The number of likely N-dealkylation sites (tertiary alicyclic amines) is 2. The Morgan fingerprint density at radius 3 is 2.55 bits per heavy atom. The lowest BCUT2D eigenvalue weighted by Gasteiger charge is -2.52. The van der Waals surface area contributed by atoms with Crippen LogP contribution in [0.1, 0.15) is 57.8 Å². The van der Waals surface area contributed by atoms with Crippen molar-refractivity contribution in [1.29, 1.82) is 0 Å². The fourth-order valence-corrected chi connectivity index (χ4v) is 8.92. The van der Waals surface area contributed by atoms with Crippen LogP contribution in [0.2, 0.25) is 0 Å². The van der Waals surface area contributed by atoms with Gasteiger partial charge in [-0.15, -0.1) is 0 Å². The predicted molar refractivity (Wildman–Crippen MR) is 138 cm³/mol. The van der Waals surface area contributed by atoms with Crippen LogP contribution in [0.5, 0.6) is 0 Å². The van der Waals surface area contributed by atoms with E-state index in [1.165, 1.54) is 0 Å². The number of ether oxygens (including phenoxy) is 1. The third-order valence-corrected chi connectivity index (χ3v) is 11.1. The number of halogens is 5. The van der Waals surface area contributed by atoms with Gasteiger partial charge in [0.25, 0.3) is 5.92 Å². The molecule has 12 heteroatoms. The van der Waals surface area contributed by atoms with Crippen molar-refractivity contribution in [3.63, 3.8) is 0 Å². The maximum absolute atomic E-state index is 14.4. The molecule has 0 spiro atoms. The Morgan fingerprint density at radius 1 is 1.10 bits per heavy atom. The molecule has 0 bridgehead atoms. The van der Waals surface area contributed by atoms with Gasteiger partial charge in [0.05, 0.1) is 38.5 Å². The van der Waals surface area contributed by atoms with Crippen LogP contribution in [0.15, 0.2) is 0 Å². The molecular weight excluding hydrogens is 533 g/mol. The van der Waals surface area contributed by atoms with E-state index in [-0.39, 0.29) is 49.5 Å². The quantitative estimate of drug-likeness (QED) is 0.470. The zero-order chi connectivity index (χ0) is 28.3. The van der Waals surface area contributed by atoms with Gasteiger partial charge < -0.3 is 9.64 Å². The maximum Gasteiger partial charge on any atom is 0.392 e. The highest BCUT2D eigenvalue weighted by atomic mass is 19.4. The minimum Gasteiger partial charge on any atom is -0.380 e. The van der Waals surface area contributed by atoms with Gasteiger partial charge in [-0.05, 0) is 76.3 Å². The van der Waals surface area contributed by atoms with Crippen LogP contribution in [0, 0.1) is 35.0 Å². The molecule has 2 N–H and O–H groups in total. The van der Waals surface area contributed by atoms with E-state index < -0.39 is 42.3 Å². The van der Waals surface area contributed by atoms with Crippen molar-refractivity contribution in [3.05, 3.63) is 0 Å². The first kappa shape index (κ1) is 29.0. The van der Waals surface area contributed by atoms with Gasteiger partial charge in [0.15, 0.2) is 0 Å². The molecule has 228 valence electrons. The molecule has 2 aliphatic carbocycles. The number of carbonyl (C=O) groups excluding carboxylic acids is 1. The van der Waals surface area contributed by atoms with Crippen molar-refractivity contribution in [1.82, 2.24) is 25.6 Å². The first-order valence-electron chi connectivity index (χ1n) is 15.2. The second kappa shape index (κ2) is 10.9. The molecule has 1 amide bonds. The second-order valence-electron chi connectivity index (χ2n) is 13.8. The fourth-order valence-electron chi connectivity index (χ4n) is 8.92. The van der Waals surface area contributed by atoms with Crippen molar-refractivity contribution < 1.29 is 31.5 Å². The number of nitrogens with one attached hydrogen (secondary N) is 2. The highest BCUT2D eigenvalue weighted by Gasteiger charge is 2.58. The van der Waals surface area contributed by atoms with Crippen molar-refractivity contribution in [3.8, 4) is 0 Å². The highest BCUT2D eigenvalue weighted by molar-refractivity contribution is 5.82. The molecule has 7 unspecified atom stereocenters. The lowest BCUT2D eigenvalue weighted by atomic mass is 9.64. The Labute approximate surface area is 233 Å². The molecule has 40 heavy (non-hydrogen) atoms. The van der Waals surface area contributed by atoms with Crippen LogP contribution in [0.25, 0.3) is 0 Å². The van der Waals surface area contributed by atoms with Gasteiger partial charge in [0, 0.05) is 36.9 Å². The number of amides is 1. The van der Waals surface area contributed by atoms with E-state index in [2.05, 4.69) is 22.8 Å². The van der Waals surface area contributed by atoms with Gasteiger partial charge in [0.2, 0.25) is 5.91 Å². The molecule has 6 rings (SSSR count). The normalized spacial score (nSPS) is 40.7. The Kier molecular flexibility index (Phi) is 7.89. The molecule has 7 nitrogen and oxygen atoms in total. The Bertz CT molecular complexity index is 933. The smallest absolute Gasteiger partial charge is 0.380 e. The summed E-state index contributed by atoms with van der Waals surface area (Å²) in [5.74, 6) is -5.94. The van der Waals surface area contributed by atoms with Crippen LogP contribution < -0.4 is 10.9 Å². The first-order chi connectivity index (χ1) is 18.9. The van der Waals surface area contributed by atoms with E-state index in [1.54, 1.807) is 9.80 Å². The monoisotopic (exact) mass is 577 g/mol. The molecule has 6 aliphatic rings. The van der Waals surface area contributed by atoms with Gasteiger partial charge in [-0.25, -0.2) is 19.6 Å². The second-order valence-corrected chi connectivity index (χ2v) is 13.8. The summed E-state index contributed by atoms with van der Waals surface area (Å²) in [6.07, 6.45) is 0.839. The van der Waals surface area contributed by atoms with E-state index in [0.717, 1.165) is 38.8 Å². The van der Waals surface area contributed by atoms with E-state index in [9.17, 15) is 26.7 Å². The maximum atomic E-state index is 14.4. The number of alkyl halides is 5. The van der Waals surface area contributed by atoms with Crippen molar-refractivity contribution in [2.45, 2.75) is 82.1 Å². The number of nitrogens with zero attached hydrogens (tertiary/aromatic N) is 3. The van der Waals surface area contributed by atoms with E-state index >= 15 is 0 Å². The standard InChI is InChI=1S/C28H44F5N5O2/c1-36-17-34-35-24(36)11-26(15-40-16-26)19-4-2-5-20(10-19)38-13-22-21(25(38)39)8-18(9-23(22)28(31,32)33)12-37-7-3-6-27(29,30)14-37/h18-24,34-35H,2-17H2,1H3. The number of carbonyl (C=O) groups is 1. The molecule has 4 heterocycles. The fraction of sp³-hybridized carbons (Fsp3) is 0.964. The number of fused-ring (bicyclic) bond motifs is 1. The summed E-state index contributed by atoms with van der Waals surface area (Å²) >= 11 is 0. The average Bonchev–Trinajstić information content (AvgIpc) is 3.42. The summed E-state index contributed by atoms with van der Waals surface area (Å²) in [6.45, 7) is 2.60. The number of rotatable bonds is 6. The van der Waals surface area contributed by atoms with Gasteiger partial charge in [0.1, 0.15) is 0 Å². The SMILES string of the molecule is CN1CNNC1CC1(C2CCCC(N3CC4C(CC(CN5CCCC(F)(F)C5)CC4C(F)(F)F)C3=O)C2)COC1. The first-order valence-corrected chi connectivity index (χ1v) is 15.2. The largest absolute Gasteiger partial charge is 0.392 e. The topological polar surface area (TPSA) is 60.1 Å². The summed E-state index contributed by atoms with van der Waals surface area (Å²) in [5.41, 5.74) is 6.54. The summed E-state index contributed by atoms with van der Waals surface area (Å²) in [6, 6.07) is -0.0464. The number of hydrogen-bond acceptors (Lipinski definition) is 6. The minimum atomic E-state index is -4.40. The van der Waals surface area contributed by atoms with Crippen LogP contribution in [-0.2, 0) is 9.53 Å². The van der Waals surface area contributed by atoms with Crippen LogP contribution in [-0.4, -0.2) is 98.0 Å². The Balaban J connectivity index is 1.14. The molecule has 6 fully saturated rings. The lowest BCUT2D eigenvalue weighted by Crippen LogP contribution is -2.56. The molecule has 7 atom stereocenters. The Morgan fingerprint density at radius 2 is 1.90 bits per heavy atom. The third-order valence-electron chi connectivity index (χ3n) is 11.1. The minimum absolute atomic E-state index is 0.0161. The van der Waals surface area contributed by atoms with Gasteiger partial charge in [-0.1, -0.05) is 6.42 Å². The van der Waals surface area contributed by atoms with Crippen LogP contribution in [0.4, 0.5) is 22.0 Å². The van der Waals surface area contributed by atoms with Gasteiger partial charge >= 0.3 is 6.18 Å². The summed E-state index contributed by atoms with van der Waals surface area (Å²) in [7, 11) is 2.07. The molecule has 0 radical (unpaired) electrons. The predicted octanol–water partition coefficient (Wildman–Crippen LogP) is 3.67. The lowest BCUT2D eigenvalue weighted by molar-refractivity contribution is -0.204. The molecule has 4 aliphatic heterocycles. The molecule has 4 saturated heterocycles. The van der Waals surface area contributed by atoms with Crippen molar-refractivity contribution in [2.24, 2.45) is 35.0 Å². The van der Waals surface area contributed by atoms with E-state index in [1.807, 2.05) is 0 Å². The van der Waals surface area contributed by atoms with Gasteiger partial charge in [-0.3, -0.25) is 14.6 Å². The zero-order valence-corrected chi connectivity index (χ0v) is 23.4. The molecular formula is C28H44F5N5O2. The van der Waals surface area contributed by atoms with Crippen LogP contribution >= 0.6 is 0 Å². The van der Waals surface area contributed by atoms with E-state index in [0.29, 0.717) is 38.5 Å². The molecule has 0 aromatic carbocycles. The molecule has 2 saturated carbocycles. The molecule has 0 aromatic rings. The summed E-state index contributed by atoms with van der Waals surface area (Å²) in [5, 5.41) is 0. The highest BCUT2D eigenvalue weighted by Crippen LogP contribution is 2.53. The van der Waals surface area contributed by atoms with Gasteiger partial charge in [-0.2, -0.15) is 13.2 Å². The summed E-state index contributed by atoms with van der Waals surface area (Å²) in [4.78, 5) is 19.4. The van der Waals surface area contributed by atoms with E-state index in [4.69, 9.17) is 4.74 Å². The average molecular weight is 578 g/mol. The number of hydrazine groups is 1. The van der Waals surface area contributed by atoms with Crippen molar-refractivity contribution >= 4 is 5.91 Å². The van der Waals surface area contributed by atoms with Crippen molar-refractivity contribution in [2.75, 3.05) is 53.1 Å². The van der Waals surface area contributed by atoms with Crippen LogP contribution in [0.3, 0.4) is 0 Å². The summed E-state index contributed by atoms with van der Waals surface area (Å²) < 4.78 is 76.8. The number of hydrogen-bond donors (Lipinski definition) is 2. The zero-order valence-electron chi connectivity index (χ0n) is 23.4. The third kappa shape index (κ3) is 5.64. The Hall–Kier alpha value is -1.08.